The minimum atomic E-state index is 0.425. The fourth-order valence-electron chi connectivity index (χ4n) is 3.01. The first-order valence-electron chi connectivity index (χ1n) is 7.80. The molecule has 1 N–H and O–H groups in total. The highest BCUT2D eigenvalue weighted by atomic mass is 15.2. The van der Waals surface area contributed by atoms with E-state index in [0.717, 1.165) is 32.6 Å². The molecule has 0 bridgehead atoms. The van der Waals surface area contributed by atoms with Crippen LogP contribution in [0.4, 0.5) is 0 Å². The zero-order valence-electron chi connectivity index (χ0n) is 12.6. The van der Waals surface area contributed by atoms with Crippen LogP contribution in [-0.4, -0.2) is 29.5 Å². The molecule has 110 valence electrons. The SMILES string of the molecule is CCc1cccnc1CN1CCNC(c2ccccc2)C1. The number of pyridine rings is 1. The molecule has 1 atom stereocenters. The molecule has 1 aromatic heterocycles. The average molecular weight is 281 g/mol. The van der Waals surface area contributed by atoms with Crippen molar-refractivity contribution in [2.45, 2.75) is 25.9 Å². The van der Waals surface area contributed by atoms with Gasteiger partial charge in [0.2, 0.25) is 0 Å². The molecule has 3 rings (SSSR count). The Morgan fingerprint density at radius 2 is 2.05 bits per heavy atom. The predicted molar refractivity (Wildman–Crippen MR) is 86.1 cm³/mol. The molecule has 0 radical (unpaired) electrons. The van der Waals surface area contributed by atoms with Gasteiger partial charge in [-0.2, -0.15) is 0 Å². The van der Waals surface area contributed by atoms with E-state index in [9.17, 15) is 0 Å². The monoisotopic (exact) mass is 281 g/mol. The lowest BCUT2D eigenvalue weighted by Crippen LogP contribution is -2.45. The van der Waals surface area contributed by atoms with E-state index in [0.29, 0.717) is 6.04 Å². The zero-order valence-corrected chi connectivity index (χ0v) is 12.6. The van der Waals surface area contributed by atoms with Crippen LogP contribution in [0.2, 0.25) is 0 Å². The first kappa shape index (κ1) is 14.2. The summed E-state index contributed by atoms with van der Waals surface area (Å²) in [6, 6.07) is 15.4. The maximum Gasteiger partial charge on any atom is 0.0575 e. The van der Waals surface area contributed by atoms with E-state index in [-0.39, 0.29) is 0 Å². The molecule has 2 heterocycles. The molecule has 1 saturated heterocycles. The Balaban J connectivity index is 1.69. The van der Waals surface area contributed by atoms with Crippen molar-refractivity contribution in [3.63, 3.8) is 0 Å². The van der Waals surface area contributed by atoms with Crippen molar-refractivity contribution in [3.05, 3.63) is 65.5 Å². The van der Waals surface area contributed by atoms with Crippen LogP contribution in [0.1, 0.15) is 29.8 Å². The van der Waals surface area contributed by atoms with Gasteiger partial charge in [-0.3, -0.25) is 9.88 Å². The van der Waals surface area contributed by atoms with Crippen LogP contribution in [0, 0.1) is 0 Å². The molecule has 3 nitrogen and oxygen atoms in total. The normalized spacial score (nSPS) is 19.6. The number of hydrogen-bond acceptors (Lipinski definition) is 3. The summed E-state index contributed by atoms with van der Waals surface area (Å²) < 4.78 is 0. The molecular formula is C18H23N3. The quantitative estimate of drug-likeness (QED) is 0.934. The average Bonchev–Trinajstić information content (AvgIpc) is 2.56. The Labute approximate surface area is 127 Å². The lowest BCUT2D eigenvalue weighted by Gasteiger charge is -2.34. The lowest BCUT2D eigenvalue weighted by atomic mass is 10.0. The molecule has 0 aliphatic carbocycles. The van der Waals surface area contributed by atoms with Gasteiger partial charge in [-0.1, -0.05) is 43.3 Å². The molecule has 21 heavy (non-hydrogen) atoms. The van der Waals surface area contributed by atoms with E-state index in [2.05, 4.69) is 58.5 Å². The van der Waals surface area contributed by atoms with Crippen LogP contribution >= 0.6 is 0 Å². The molecule has 3 heteroatoms. The van der Waals surface area contributed by atoms with Crippen molar-refractivity contribution in [2.75, 3.05) is 19.6 Å². The Morgan fingerprint density at radius 3 is 2.86 bits per heavy atom. The molecule has 0 saturated carbocycles. The molecule has 2 aromatic rings. The highest BCUT2D eigenvalue weighted by Crippen LogP contribution is 2.19. The maximum absolute atomic E-state index is 4.58. The van der Waals surface area contributed by atoms with Crippen molar-refractivity contribution >= 4 is 0 Å². The molecular weight excluding hydrogens is 258 g/mol. The smallest absolute Gasteiger partial charge is 0.0575 e. The summed E-state index contributed by atoms with van der Waals surface area (Å²) in [6.07, 6.45) is 2.96. The van der Waals surface area contributed by atoms with E-state index in [1.807, 2.05) is 12.3 Å². The number of nitrogens with zero attached hydrogens (tertiary/aromatic N) is 2. The van der Waals surface area contributed by atoms with Crippen molar-refractivity contribution in [1.82, 2.24) is 15.2 Å². The third-order valence-electron chi connectivity index (χ3n) is 4.20. The fraction of sp³-hybridized carbons (Fsp3) is 0.389. The van der Waals surface area contributed by atoms with Crippen LogP contribution in [0.15, 0.2) is 48.7 Å². The summed E-state index contributed by atoms with van der Waals surface area (Å²) in [6.45, 7) is 6.32. The van der Waals surface area contributed by atoms with Crippen LogP contribution in [-0.2, 0) is 13.0 Å². The van der Waals surface area contributed by atoms with Gasteiger partial charge in [0.1, 0.15) is 0 Å². The van der Waals surface area contributed by atoms with Crippen LogP contribution in [0.25, 0.3) is 0 Å². The number of piperazine rings is 1. The van der Waals surface area contributed by atoms with Crippen molar-refractivity contribution < 1.29 is 0 Å². The standard InChI is InChI=1S/C18H23N3/c1-2-15-9-6-10-19-17(15)13-21-12-11-20-18(14-21)16-7-4-3-5-8-16/h3-10,18,20H,2,11-14H2,1H3. The summed E-state index contributed by atoms with van der Waals surface area (Å²) in [5.41, 5.74) is 3.97. The van der Waals surface area contributed by atoms with Gasteiger partial charge in [0.05, 0.1) is 5.69 Å². The van der Waals surface area contributed by atoms with Crippen LogP contribution < -0.4 is 5.32 Å². The summed E-state index contributed by atoms with van der Waals surface area (Å²) in [7, 11) is 0. The van der Waals surface area contributed by atoms with Gasteiger partial charge in [-0.25, -0.2) is 0 Å². The summed E-state index contributed by atoms with van der Waals surface area (Å²) in [5.74, 6) is 0. The number of nitrogens with one attached hydrogen (secondary N) is 1. The van der Waals surface area contributed by atoms with Gasteiger partial charge >= 0.3 is 0 Å². The zero-order chi connectivity index (χ0) is 14.5. The second-order valence-electron chi connectivity index (χ2n) is 5.62. The highest BCUT2D eigenvalue weighted by molar-refractivity contribution is 5.21. The molecule has 1 fully saturated rings. The lowest BCUT2D eigenvalue weighted by molar-refractivity contribution is 0.191. The maximum atomic E-state index is 4.58. The number of aromatic nitrogens is 1. The Kier molecular flexibility index (Phi) is 4.63. The number of aryl methyl sites for hydroxylation is 1. The van der Waals surface area contributed by atoms with Gasteiger partial charge in [-0.15, -0.1) is 0 Å². The van der Waals surface area contributed by atoms with Crippen molar-refractivity contribution in [3.8, 4) is 0 Å². The minimum Gasteiger partial charge on any atom is -0.308 e. The van der Waals surface area contributed by atoms with Gasteiger partial charge in [0.15, 0.2) is 0 Å². The summed E-state index contributed by atoms with van der Waals surface area (Å²) >= 11 is 0. The third-order valence-corrected chi connectivity index (χ3v) is 4.20. The van der Waals surface area contributed by atoms with E-state index in [1.54, 1.807) is 0 Å². The molecule has 0 spiro atoms. The Morgan fingerprint density at radius 1 is 1.19 bits per heavy atom. The number of hydrogen-bond donors (Lipinski definition) is 1. The number of benzene rings is 1. The number of rotatable bonds is 4. The second kappa shape index (κ2) is 6.83. The van der Waals surface area contributed by atoms with Gasteiger partial charge < -0.3 is 5.32 Å². The predicted octanol–water partition coefficient (Wildman–Crippen LogP) is 2.79. The minimum absolute atomic E-state index is 0.425. The van der Waals surface area contributed by atoms with E-state index in [1.165, 1.54) is 16.8 Å². The first-order chi connectivity index (χ1) is 10.4. The third kappa shape index (κ3) is 3.49. The summed E-state index contributed by atoms with van der Waals surface area (Å²) in [4.78, 5) is 7.09. The molecule has 1 unspecified atom stereocenters. The highest BCUT2D eigenvalue weighted by Gasteiger charge is 2.21. The Bertz CT molecular complexity index is 568. The molecule has 1 aliphatic heterocycles. The summed E-state index contributed by atoms with van der Waals surface area (Å²) in [5, 5.41) is 3.62. The fourth-order valence-corrected chi connectivity index (χ4v) is 3.01. The molecule has 1 aromatic carbocycles. The van der Waals surface area contributed by atoms with Gasteiger partial charge in [-0.05, 0) is 23.6 Å². The molecule has 1 aliphatic rings. The molecule has 0 amide bonds. The van der Waals surface area contributed by atoms with Crippen molar-refractivity contribution in [2.24, 2.45) is 0 Å². The second-order valence-corrected chi connectivity index (χ2v) is 5.62. The van der Waals surface area contributed by atoms with Crippen molar-refractivity contribution in [1.29, 1.82) is 0 Å². The first-order valence-corrected chi connectivity index (χ1v) is 7.80. The largest absolute Gasteiger partial charge is 0.308 e. The van der Waals surface area contributed by atoms with E-state index < -0.39 is 0 Å². The van der Waals surface area contributed by atoms with Gasteiger partial charge in [0.25, 0.3) is 0 Å². The van der Waals surface area contributed by atoms with E-state index in [4.69, 9.17) is 0 Å². The van der Waals surface area contributed by atoms with Gasteiger partial charge in [0, 0.05) is 38.4 Å². The van der Waals surface area contributed by atoms with Crippen LogP contribution in [0.3, 0.4) is 0 Å². The Hall–Kier alpha value is -1.71. The van der Waals surface area contributed by atoms with E-state index >= 15 is 0 Å². The van der Waals surface area contributed by atoms with Crippen LogP contribution in [0.5, 0.6) is 0 Å². The topological polar surface area (TPSA) is 28.2 Å².